The summed E-state index contributed by atoms with van der Waals surface area (Å²) < 4.78 is 1.89. The Balaban J connectivity index is 2.29. The normalized spacial score (nSPS) is 12.0. The van der Waals surface area contributed by atoms with Gasteiger partial charge in [-0.1, -0.05) is 5.16 Å². The van der Waals surface area contributed by atoms with E-state index < -0.39 is 0 Å². The number of fused-ring (bicyclic) bond motifs is 1. The number of amidine groups is 1. The van der Waals surface area contributed by atoms with Gasteiger partial charge in [-0.05, 0) is 43.2 Å². The molecule has 3 aromatic rings. The van der Waals surface area contributed by atoms with Gasteiger partial charge in [-0.25, -0.2) is 4.98 Å². The molecule has 2 aromatic heterocycles. The molecule has 0 unspecified atom stereocenters. The van der Waals surface area contributed by atoms with Gasteiger partial charge in [0.15, 0.2) is 5.84 Å². The topological polar surface area (TPSA) is 89.3 Å². The lowest BCUT2D eigenvalue weighted by atomic mass is 10.1. The van der Waals surface area contributed by atoms with Crippen molar-refractivity contribution in [2.75, 3.05) is 0 Å². The molecule has 2 heterocycles. The number of benzene rings is 1. The van der Waals surface area contributed by atoms with E-state index in [0.29, 0.717) is 5.56 Å². The zero-order chi connectivity index (χ0) is 15.0. The van der Waals surface area contributed by atoms with Crippen LogP contribution in [0.3, 0.4) is 0 Å². The highest BCUT2D eigenvalue weighted by Crippen LogP contribution is 2.23. The monoisotopic (exact) mass is 281 g/mol. The van der Waals surface area contributed by atoms with Crippen molar-refractivity contribution in [2.24, 2.45) is 10.9 Å². The SMILES string of the molecule is Cc1cc2ncn(-c3cnccc3/C(N)=N/O)c2cc1C. The number of rotatable bonds is 2. The van der Waals surface area contributed by atoms with E-state index in [0.717, 1.165) is 16.7 Å². The maximum absolute atomic E-state index is 8.92. The van der Waals surface area contributed by atoms with Crippen molar-refractivity contribution in [1.29, 1.82) is 0 Å². The Morgan fingerprint density at radius 3 is 2.81 bits per heavy atom. The number of aromatic nitrogens is 3. The number of imidazole rings is 1. The van der Waals surface area contributed by atoms with Crippen molar-refractivity contribution in [1.82, 2.24) is 14.5 Å². The van der Waals surface area contributed by atoms with E-state index in [-0.39, 0.29) is 5.84 Å². The summed E-state index contributed by atoms with van der Waals surface area (Å²) in [6.07, 6.45) is 4.99. The Hall–Kier alpha value is -2.89. The second-order valence-electron chi connectivity index (χ2n) is 4.92. The number of aryl methyl sites for hydroxylation is 2. The van der Waals surface area contributed by atoms with Crippen molar-refractivity contribution in [2.45, 2.75) is 13.8 Å². The predicted octanol–water partition coefficient (Wildman–Crippen LogP) is 2.13. The molecular weight excluding hydrogens is 266 g/mol. The average Bonchev–Trinajstić information content (AvgIpc) is 2.89. The van der Waals surface area contributed by atoms with Gasteiger partial charge in [-0.2, -0.15) is 0 Å². The highest BCUT2D eigenvalue weighted by atomic mass is 16.4. The van der Waals surface area contributed by atoms with Gasteiger partial charge in [0.2, 0.25) is 0 Å². The molecule has 0 bridgehead atoms. The van der Waals surface area contributed by atoms with Gasteiger partial charge >= 0.3 is 0 Å². The zero-order valence-corrected chi connectivity index (χ0v) is 11.8. The van der Waals surface area contributed by atoms with Gasteiger partial charge in [0.25, 0.3) is 0 Å². The minimum atomic E-state index is 0.0399. The second-order valence-corrected chi connectivity index (χ2v) is 4.92. The maximum Gasteiger partial charge on any atom is 0.172 e. The lowest BCUT2D eigenvalue weighted by molar-refractivity contribution is 0.318. The van der Waals surface area contributed by atoms with E-state index in [1.807, 2.05) is 10.6 Å². The van der Waals surface area contributed by atoms with E-state index >= 15 is 0 Å². The van der Waals surface area contributed by atoms with Crippen LogP contribution in [0.4, 0.5) is 0 Å². The van der Waals surface area contributed by atoms with Crippen LogP contribution in [-0.4, -0.2) is 25.6 Å². The van der Waals surface area contributed by atoms with Crippen LogP contribution in [0.25, 0.3) is 16.7 Å². The van der Waals surface area contributed by atoms with Crippen LogP contribution in [0, 0.1) is 13.8 Å². The lowest BCUT2D eigenvalue weighted by Crippen LogP contribution is -2.16. The highest BCUT2D eigenvalue weighted by Gasteiger charge is 2.12. The Kier molecular flexibility index (Phi) is 3.06. The Labute approximate surface area is 121 Å². The molecule has 6 heteroatoms. The molecule has 0 atom stereocenters. The molecule has 3 N–H and O–H groups in total. The average molecular weight is 281 g/mol. The third kappa shape index (κ3) is 2.10. The molecule has 0 fully saturated rings. The van der Waals surface area contributed by atoms with E-state index in [4.69, 9.17) is 10.9 Å². The molecular formula is C15H15N5O. The second kappa shape index (κ2) is 4.90. The van der Waals surface area contributed by atoms with Gasteiger partial charge in [0, 0.05) is 11.8 Å². The van der Waals surface area contributed by atoms with Crippen molar-refractivity contribution in [3.63, 3.8) is 0 Å². The summed E-state index contributed by atoms with van der Waals surface area (Å²) in [5.74, 6) is 0.0399. The van der Waals surface area contributed by atoms with Gasteiger partial charge < -0.3 is 10.9 Å². The molecule has 3 rings (SSSR count). The summed E-state index contributed by atoms with van der Waals surface area (Å²) in [7, 11) is 0. The van der Waals surface area contributed by atoms with Crippen LogP contribution in [0.1, 0.15) is 16.7 Å². The van der Waals surface area contributed by atoms with E-state index in [9.17, 15) is 0 Å². The quantitative estimate of drug-likeness (QED) is 0.326. The number of nitrogens with zero attached hydrogens (tertiary/aromatic N) is 4. The van der Waals surface area contributed by atoms with E-state index in [2.05, 4.69) is 35.0 Å². The summed E-state index contributed by atoms with van der Waals surface area (Å²) in [5.41, 5.74) is 11.3. The van der Waals surface area contributed by atoms with E-state index in [1.165, 1.54) is 11.1 Å². The Morgan fingerprint density at radius 2 is 2.05 bits per heavy atom. The molecule has 0 aliphatic heterocycles. The summed E-state index contributed by atoms with van der Waals surface area (Å²) >= 11 is 0. The largest absolute Gasteiger partial charge is 0.409 e. The van der Waals surface area contributed by atoms with Crippen LogP contribution in [-0.2, 0) is 0 Å². The Bertz CT molecular complexity index is 850. The fourth-order valence-electron chi connectivity index (χ4n) is 2.30. The first kappa shape index (κ1) is 13.1. The first-order valence-corrected chi connectivity index (χ1v) is 6.48. The number of hydrogen-bond acceptors (Lipinski definition) is 4. The summed E-state index contributed by atoms with van der Waals surface area (Å²) in [5, 5.41) is 12.0. The van der Waals surface area contributed by atoms with Crippen LogP contribution in [0.5, 0.6) is 0 Å². The third-order valence-electron chi connectivity index (χ3n) is 3.61. The summed E-state index contributed by atoms with van der Waals surface area (Å²) in [6.45, 7) is 4.11. The predicted molar refractivity (Wildman–Crippen MR) is 80.8 cm³/mol. The minimum absolute atomic E-state index is 0.0399. The molecule has 0 saturated carbocycles. The first-order valence-electron chi connectivity index (χ1n) is 6.48. The highest BCUT2D eigenvalue weighted by molar-refractivity contribution is 6.00. The van der Waals surface area contributed by atoms with Crippen LogP contribution < -0.4 is 5.73 Å². The molecule has 0 amide bonds. The van der Waals surface area contributed by atoms with Crippen molar-refractivity contribution in [3.8, 4) is 5.69 Å². The number of oxime groups is 1. The van der Waals surface area contributed by atoms with Gasteiger partial charge in [-0.3, -0.25) is 9.55 Å². The molecule has 6 nitrogen and oxygen atoms in total. The first-order chi connectivity index (χ1) is 10.1. The van der Waals surface area contributed by atoms with Crippen molar-refractivity contribution >= 4 is 16.9 Å². The lowest BCUT2D eigenvalue weighted by Gasteiger charge is -2.10. The number of pyridine rings is 1. The van der Waals surface area contributed by atoms with Gasteiger partial charge in [0.05, 0.1) is 22.9 Å². The fraction of sp³-hybridized carbons (Fsp3) is 0.133. The van der Waals surface area contributed by atoms with Gasteiger partial charge in [-0.15, -0.1) is 0 Å². The molecule has 0 spiro atoms. The Morgan fingerprint density at radius 1 is 1.29 bits per heavy atom. The molecule has 0 aliphatic rings. The molecule has 106 valence electrons. The molecule has 0 saturated heterocycles. The van der Waals surface area contributed by atoms with Crippen LogP contribution in [0.2, 0.25) is 0 Å². The van der Waals surface area contributed by atoms with Crippen LogP contribution in [0.15, 0.2) is 42.1 Å². The standard InChI is InChI=1S/C15H15N5O/c1-9-5-12-13(6-10(9)2)20(8-18-12)14-7-17-4-3-11(14)15(16)19-21/h3-8,21H,1-2H3,(H2,16,19). The molecule has 0 radical (unpaired) electrons. The van der Waals surface area contributed by atoms with Crippen molar-refractivity contribution < 1.29 is 5.21 Å². The molecule has 21 heavy (non-hydrogen) atoms. The van der Waals surface area contributed by atoms with Crippen molar-refractivity contribution in [3.05, 3.63) is 53.6 Å². The van der Waals surface area contributed by atoms with Crippen LogP contribution >= 0.6 is 0 Å². The summed E-state index contributed by atoms with van der Waals surface area (Å²) in [6, 6.07) is 5.82. The zero-order valence-electron chi connectivity index (χ0n) is 11.8. The van der Waals surface area contributed by atoms with E-state index in [1.54, 1.807) is 24.8 Å². The molecule has 1 aromatic carbocycles. The minimum Gasteiger partial charge on any atom is -0.409 e. The summed E-state index contributed by atoms with van der Waals surface area (Å²) in [4.78, 5) is 8.54. The fourth-order valence-corrected chi connectivity index (χ4v) is 2.30. The third-order valence-corrected chi connectivity index (χ3v) is 3.61. The molecule has 0 aliphatic carbocycles. The van der Waals surface area contributed by atoms with Gasteiger partial charge in [0.1, 0.15) is 6.33 Å². The smallest absolute Gasteiger partial charge is 0.172 e. The number of hydrogen-bond donors (Lipinski definition) is 2. The maximum atomic E-state index is 8.92. The number of nitrogens with two attached hydrogens (primary N) is 1.